The fourth-order valence-corrected chi connectivity index (χ4v) is 4.04. The van der Waals surface area contributed by atoms with Gasteiger partial charge in [0.2, 0.25) is 0 Å². The van der Waals surface area contributed by atoms with Gasteiger partial charge in [0.15, 0.2) is 5.69 Å². The summed E-state index contributed by atoms with van der Waals surface area (Å²) in [6, 6.07) is 12.7. The van der Waals surface area contributed by atoms with E-state index in [-0.39, 0.29) is 17.2 Å². The van der Waals surface area contributed by atoms with E-state index >= 15 is 0 Å². The van der Waals surface area contributed by atoms with Crippen molar-refractivity contribution < 1.29 is 4.79 Å². The van der Waals surface area contributed by atoms with Gasteiger partial charge in [-0.05, 0) is 37.6 Å². The molecule has 28 heavy (non-hydrogen) atoms. The third-order valence-corrected chi connectivity index (χ3v) is 5.49. The maximum absolute atomic E-state index is 13.0. The second kappa shape index (κ2) is 7.52. The van der Waals surface area contributed by atoms with Gasteiger partial charge < -0.3 is 5.32 Å². The molecule has 1 amide bonds. The predicted octanol–water partition coefficient (Wildman–Crippen LogP) is 4.37. The van der Waals surface area contributed by atoms with Crippen LogP contribution in [0.5, 0.6) is 0 Å². The van der Waals surface area contributed by atoms with Crippen LogP contribution in [0.1, 0.15) is 35.3 Å². The van der Waals surface area contributed by atoms with Crippen molar-refractivity contribution in [3.8, 4) is 0 Å². The fourth-order valence-electron chi connectivity index (χ4n) is 3.17. The molecule has 2 aromatic heterocycles. The summed E-state index contributed by atoms with van der Waals surface area (Å²) in [4.78, 5) is 30.1. The van der Waals surface area contributed by atoms with E-state index < -0.39 is 0 Å². The molecular formula is C21H20N4O2S. The first kappa shape index (κ1) is 18.3. The number of aromatic nitrogens is 3. The molecule has 0 saturated carbocycles. The molecule has 1 N–H and O–H groups in total. The van der Waals surface area contributed by atoms with Gasteiger partial charge in [-0.2, -0.15) is 5.10 Å². The van der Waals surface area contributed by atoms with E-state index in [0.717, 1.165) is 28.1 Å². The van der Waals surface area contributed by atoms with Crippen LogP contribution in [0.4, 0.5) is 5.69 Å². The Labute approximate surface area is 165 Å². The average molecular weight is 392 g/mol. The zero-order chi connectivity index (χ0) is 19.7. The molecule has 6 nitrogen and oxygen atoms in total. The molecule has 4 aromatic rings. The minimum atomic E-state index is -0.331. The molecule has 0 spiro atoms. The maximum atomic E-state index is 13.0. The Morgan fingerprint density at radius 2 is 1.96 bits per heavy atom. The summed E-state index contributed by atoms with van der Waals surface area (Å²) >= 11 is 1.58. The van der Waals surface area contributed by atoms with Gasteiger partial charge in [-0.3, -0.25) is 9.59 Å². The number of fused-ring (bicyclic) bond motifs is 2. The minimum absolute atomic E-state index is 0.165. The number of nitrogens with one attached hydrogen (secondary N) is 1. The Bertz CT molecular complexity index is 1240. The van der Waals surface area contributed by atoms with Crippen molar-refractivity contribution in [2.45, 2.75) is 33.2 Å². The molecule has 7 heteroatoms. The molecule has 2 aromatic carbocycles. The van der Waals surface area contributed by atoms with E-state index in [9.17, 15) is 9.59 Å². The molecule has 0 atom stereocenters. The van der Waals surface area contributed by atoms with Crippen LogP contribution in [0, 0.1) is 6.92 Å². The molecular weight excluding hydrogens is 372 g/mol. The van der Waals surface area contributed by atoms with E-state index in [1.165, 1.54) is 4.68 Å². The van der Waals surface area contributed by atoms with E-state index in [1.54, 1.807) is 29.5 Å². The van der Waals surface area contributed by atoms with Crippen LogP contribution in [-0.2, 0) is 6.54 Å². The first-order chi connectivity index (χ1) is 13.6. The second-order valence-corrected chi connectivity index (χ2v) is 7.88. The highest BCUT2D eigenvalue weighted by molar-refractivity contribution is 7.18. The number of thiazole rings is 1. The smallest absolute Gasteiger partial charge is 0.276 e. The molecule has 0 aliphatic carbocycles. The lowest BCUT2D eigenvalue weighted by Gasteiger charge is -2.11. The van der Waals surface area contributed by atoms with Gasteiger partial charge in [0.25, 0.3) is 11.5 Å². The highest BCUT2D eigenvalue weighted by Gasteiger charge is 2.17. The van der Waals surface area contributed by atoms with Crippen molar-refractivity contribution in [3.05, 3.63) is 63.5 Å². The van der Waals surface area contributed by atoms with Crippen molar-refractivity contribution in [1.82, 2.24) is 14.8 Å². The van der Waals surface area contributed by atoms with Crippen molar-refractivity contribution >= 4 is 43.9 Å². The summed E-state index contributed by atoms with van der Waals surface area (Å²) < 4.78 is 2.41. The summed E-state index contributed by atoms with van der Waals surface area (Å²) in [7, 11) is 0. The Kier molecular flexibility index (Phi) is 4.92. The normalized spacial score (nSPS) is 11.2. The lowest BCUT2D eigenvalue weighted by atomic mass is 10.1. The number of carbonyl (C=O) groups excluding carboxylic acids is 1. The summed E-state index contributed by atoms with van der Waals surface area (Å²) in [6.07, 6.45) is 1.77. The summed E-state index contributed by atoms with van der Waals surface area (Å²) in [5.41, 5.74) is 1.68. The third kappa shape index (κ3) is 3.41. The zero-order valence-electron chi connectivity index (χ0n) is 15.7. The van der Waals surface area contributed by atoms with E-state index in [1.807, 2.05) is 31.2 Å². The number of carbonyl (C=O) groups is 1. The Morgan fingerprint density at radius 1 is 1.18 bits per heavy atom. The predicted molar refractivity (Wildman–Crippen MR) is 113 cm³/mol. The standard InChI is InChI=1S/C21H20N4O2S/c1-3-4-11-25-21(27)16-8-6-5-7-15(16)19(24-25)20(26)23-14-9-10-17-18(12-14)28-13(2)22-17/h5-10,12H,3-4,11H2,1-2H3,(H,23,26). The van der Waals surface area contributed by atoms with Crippen LogP contribution in [0.2, 0.25) is 0 Å². The Balaban J connectivity index is 1.74. The summed E-state index contributed by atoms with van der Waals surface area (Å²) in [5.74, 6) is -0.331. The molecule has 0 aliphatic rings. The van der Waals surface area contributed by atoms with Gasteiger partial charge >= 0.3 is 0 Å². The lowest BCUT2D eigenvalue weighted by Crippen LogP contribution is -2.27. The number of nitrogens with zero attached hydrogens (tertiary/aromatic N) is 3. The highest BCUT2D eigenvalue weighted by Crippen LogP contribution is 2.25. The SMILES string of the molecule is CCCCn1nc(C(=O)Nc2ccc3nc(C)sc3c2)c2ccccc2c1=O. The number of benzene rings is 2. The molecule has 0 fully saturated rings. The molecule has 0 unspecified atom stereocenters. The van der Waals surface area contributed by atoms with Crippen LogP contribution in [0.25, 0.3) is 21.0 Å². The van der Waals surface area contributed by atoms with Gasteiger partial charge in [0.1, 0.15) is 0 Å². The third-order valence-electron chi connectivity index (χ3n) is 4.56. The summed E-state index contributed by atoms with van der Waals surface area (Å²) in [5, 5.41) is 9.35. The van der Waals surface area contributed by atoms with Gasteiger partial charge in [-0.25, -0.2) is 9.67 Å². The largest absolute Gasteiger partial charge is 0.321 e. The van der Waals surface area contributed by atoms with Crippen molar-refractivity contribution in [3.63, 3.8) is 0 Å². The van der Waals surface area contributed by atoms with Gasteiger partial charge in [0, 0.05) is 17.6 Å². The van der Waals surface area contributed by atoms with Crippen LogP contribution in [0.15, 0.2) is 47.3 Å². The number of amides is 1. The first-order valence-electron chi connectivity index (χ1n) is 9.25. The molecule has 2 heterocycles. The van der Waals surface area contributed by atoms with E-state index in [2.05, 4.69) is 22.3 Å². The fraction of sp³-hybridized carbons (Fsp3) is 0.238. The van der Waals surface area contributed by atoms with Crippen LogP contribution in [0.3, 0.4) is 0 Å². The van der Waals surface area contributed by atoms with Gasteiger partial charge in [0.05, 0.1) is 20.6 Å². The zero-order valence-corrected chi connectivity index (χ0v) is 16.5. The Hall–Kier alpha value is -3.06. The topological polar surface area (TPSA) is 76.9 Å². The maximum Gasteiger partial charge on any atom is 0.276 e. The number of rotatable bonds is 5. The van der Waals surface area contributed by atoms with E-state index in [4.69, 9.17) is 0 Å². The van der Waals surface area contributed by atoms with Crippen molar-refractivity contribution in [2.24, 2.45) is 0 Å². The first-order valence-corrected chi connectivity index (χ1v) is 10.1. The molecule has 0 aliphatic heterocycles. The highest BCUT2D eigenvalue weighted by atomic mass is 32.1. The Morgan fingerprint density at radius 3 is 2.75 bits per heavy atom. The van der Waals surface area contributed by atoms with Crippen molar-refractivity contribution in [1.29, 1.82) is 0 Å². The van der Waals surface area contributed by atoms with Gasteiger partial charge in [-0.1, -0.05) is 31.5 Å². The lowest BCUT2D eigenvalue weighted by molar-refractivity contribution is 0.102. The van der Waals surface area contributed by atoms with Crippen molar-refractivity contribution in [2.75, 3.05) is 5.32 Å². The molecule has 142 valence electrons. The van der Waals surface area contributed by atoms with Crippen LogP contribution < -0.4 is 10.9 Å². The number of hydrogen-bond donors (Lipinski definition) is 1. The molecule has 0 radical (unpaired) electrons. The quantitative estimate of drug-likeness (QED) is 0.547. The van der Waals surface area contributed by atoms with Crippen LogP contribution in [-0.4, -0.2) is 20.7 Å². The second-order valence-electron chi connectivity index (χ2n) is 6.65. The number of unbranched alkanes of at least 4 members (excludes halogenated alkanes) is 1. The monoisotopic (exact) mass is 392 g/mol. The van der Waals surface area contributed by atoms with Gasteiger partial charge in [-0.15, -0.1) is 11.3 Å². The van der Waals surface area contributed by atoms with Crippen LogP contribution >= 0.6 is 11.3 Å². The van der Waals surface area contributed by atoms with E-state index in [0.29, 0.717) is 23.0 Å². The average Bonchev–Trinajstić information content (AvgIpc) is 3.07. The molecule has 4 rings (SSSR count). The number of aryl methyl sites for hydroxylation is 2. The minimum Gasteiger partial charge on any atom is -0.321 e. The molecule has 0 bridgehead atoms. The summed E-state index contributed by atoms with van der Waals surface area (Å²) in [6.45, 7) is 4.50. The number of hydrogen-bond acceptors (Lipinski definition) is 5. The number of anilines is 1. The molecule has 0 saturated heterocycles.